The van der Waals surface area contributed by atoms with Gasteiger partial charge >= 0.3 is 5.97 Å². The summed E-state index contributed by atoms with van der Waals surface area (Å²) in [5.41, 5.74) is 1.44. The van der Waals surface area contributed by atoms with E-state index in [0.29, 0.717) is 0 Å². The first-order valence-electron chi connectivity index (χ1n) is 5.06. The van der Waals surface area contributed by atoms with Gasteiger partial charge in [0, 0.05) is 18.9 Å². The highest BCUT2D eigenvalue weighted by Crippen LogP contribution is 2.20. The van der Waals surface area contributed by atoms with Crippen molar-refractivity contribution in [3.05, 3.63) is 41.3 Å². The van der Waals surface area contributed by atoms with Crippen LogP contribution in [0.1, 0.15) is 16.1 Å². The topological polar surface area (TPSA) is 109 Å². The van der Waals surface area contributed by atoms with E-state index in [1.54, 1.807) is 24.5 Å². The van der Waals surface area contributed by atoms with Gasteiger partial charge in [-0.1, -0.05) is 0 Å². The first-order valence-corrected chi connectivity index (χ1v) is 7.42. The number of thiazole rings is 1. The number of hydrogen-bond donors (Lipinski definition) is 2. The van der Waals surface area contributed by atoms with Gasteiger partial charge in [-0.2, -0.15) is 0 Å². The Bertz CT molecular complexity index is 682. The number of aromatic carboxylic acids is 1. The fraction of sp³-hybridized carbons (Fsp3) is 0.100. The van der Waals surface area contributed by atoms with Crippen LogP contribution in [0.2, 0.25) is 0 Å². The molecular formula is C10H9N3O4S2. The lowest BCUT2D eigenvalue weighted by Gasteiger charge is -2.05. The zero-order valence-corrected chi connectivity index (χ0v) is 11.1. The molecule has 9 heteroatoms. The van der Waals surface area contributed by atoms with Gasteiger partial charge in [0.1, 0.15) is 0 Å². The van der Waals surface area contributed by atoms with E-state index < -0.39 is 21.7 Å². The molecular weight excluding hydrogens is 290 g/mol. The Hall–Kier alpha value is -1.84. The zero-order valence-electron chi connectivity index (χ0n) is 9.48. The number of carboxylic acids is 1. The Labute approximate surface area is 113 Å². The molecule has 2 aromatic heterocycles. The summed E-state index contributed by atoms with van der Waals surface area (Å²) < 4.78 is 26.0. The third kappa shape index (κ3) is 3.13. The van der Waals surface area contributed by atoms with Gasteiger partial charge in [-0.3, -0.25) is 4.98 Å². The van der Waals surface area contributed by atoms with Crippen molar-refractivity contribution < 1.29 is 18.3 Å². The van der Waals surface area contributed by atoms with E-state index in [-0.39, 0.29) is 10.8 Å². The quantitative estimate of drug-likeness (QED) is 0.841. The molecule has 2 heterocycles. The van der Waals surface area contributed by atoms with E-state index in [0.717, 1.165) is 16.9 Å². The Balaban J connectivity index is 2.19. The molecule has 0 unspecified atom stereocenters. The second kappa shape index (κ2) is 5.43. The molecule has 0 fully saturated rings. The zero-order chi connectivity index (χ0) is 13.9. The molecule has 2 N–H and O–H groups in total. The van der Waals surface area contributed by atoms with Crippen LogP contribution in [-0.4, -0.2) is 29.5 Å². The van der Waals surface area contributed by atoms with Crippen molar-refractivity contribution in [3.63, 3.8) is 0 Å². The predicted octanol–water partition coefficient (Wildman–Crippen LogP) is 0.715. The van der Waals surface area contributed by atoms with E-state index in [1.807, 2.05) is 0 Å². The number of pyridine rings is 1. The molecule has 0 aliphatic carbocycles. The van der Waals surface area contributed by atoms with Gasteiger partial charge < -0.3 is 5.11 Å². The van der Waals surface area contributed by atoms with Gasteiger partial charge in [0.25, 0.3) is 10.0 Å². The summed E-state index contributed by atoms with van der Waals surface area (Å²) in [6.07, 6.45) is 3.08. The maximum absolute atomic E-state index is 12.0. The summed E-state index contributed by atoms with van der Waals surface area (Å²) in [5, 5.41) is 8.85. The van der Waals surface area contributed by atoms with E-state index in [9.17, 15) is 13.2 Å². The van der Waals surface area contributed by atoms with Gasteiger partial charge in [0.2, 0.25) is 0 Å². The molecule has 0 radical (unpaired) electrons. The average Bonchev–Trinajstić information content (AvgIpc) is 2.88. The number of sulfonamides is 1. The average molecular weight is 299 g/mol. The second-order valence-corrected chi connectivity index (χ2v) is 6.29. The monoisotopic (exact) mass is 299 g/mol. The SMILES string of the molecule is O=C(O)c1ncsc1S(=O)(=O)NCc1ccncc1. The van der Waals surface area contributed by atoms with Crippen molar-refractivity contribution in [1.82, 2.24) is 14.7 Å². The fourth-order valence-electron chi connectivity index (χ4n) is 1.31. The van der Waals surface area contributed by atoms with Crippen LogP contribution in [-0.2, 0) is 16.6 Å². The van der Waals surface area contributed by atoms with Gasteiger partial charge in [-0.25, -0.2) is 22.9 Å². The van der Waals surface area contributed by atoms with Crippen molar-refractivity contribution in [2.45, 2.75) is 10.8 Å². The van der Waals surface area contributed by atoms with Crippen molar-refractivity contribution in [1.29, 1.82) is 0 Å². The Morgan fingerprint density at radius 2 is 2.05 bits per heavy atom. The van der Waals surface area contributed by atoms with Crippen molar-refractivity contribution >= 4 is 27.3 Å². The highest BCUT2D eigenvalue weighted by atomic mass is 32.2. The van der Waals surface area contributed by atoms with Crippen LogP contribution in [0.15, 0.2) is 34.2 Å². The summed E-state index contributed by atoms with van der Waals surface area (Å²) in [4.78, 5) is 18.2. The van der Waals surface area contributed by atoms with Crippen LogP contribution in [0.3, 0.4) is 0 Å². The molecule has 2 aromatic rings. The minimum Gasteiger partial charge on any atom is -0.476 e. The Kier molecular flexibility index (Phi) is 3.88. The molecule has 100 valence electrons. The lowest BCUT2D eigenvalue weighted by atomic mass is 10.3. The standard InChI is InChI=1S/C10H9N3O4S2/c14-9(15)8-10(18-6-12-8)19(16,17)13-5-7-1-3-11-4-2-7/h1-4,6,13H,5H2,(H,14,15). The molecule has 0 bridgehead atoms. The molecule has 0 saturated heterocycles. The Morgan fingerprint density at radius 3 is 2.68 bits per heavy atom. The summed E-state index contributed by atoms with van der Waals surface area (Å²) in [7, 11) is -3.89. The first kappa shape index (κ1) is 13.6. The van der Waals surface area contributed by atoms with Crippen LogP contribution < -0.4 is 4.72 Å². The molecule has 0 aliphatic heterocycles. The van der Waals surface area contributed by atoms with Crippen molar-refractivity contribution in [2.24, 2.45) is 0 Å². The molecule has 2 rings (SSSR count). The number of nitrogens with one attached hydrogen (secondary N) is 1. The van der Waals surface area contributed by atoms with E-state index in [1.165, 1.54) is 5.51 Å². The Morgan fingerprint density at radius 1 is 1.37 bits per heavy atom. The minimum absolute atomic E-state index is 0.0574. The molecule has 0 atom stereocenters. The van der Waals surface area contributed by atoms with Gasteiger partial charge in [0.05, 0.1) is 5.51 Å². The lowest BCUT2D eigenvalue weighted by Crippen LogP contribution is -2.24. The molecule has 0 amide bonds. The van der Waals surface area contributed by atoms with Gasteiger partial charge in [0.15, 0.2) is 9.90 Å². The summed E-state index contributed by atoms with van der Waals surface area (Å²) in [6, 6.07) is 3.32. The fourth-order valence-corrected chi connectivity index (χ4v) is 3.51. The number of nitrogens with zero attached hydrogens (tertiary/aromatic N) is 2. The van der Waals surface area contributed by atoms with E-state index in [4.69, 9.17) is 5.11 Å². The number of carbonyl (C=O) groups is 1. The molecule has 0 aliphatic rings. The number of rotatable bonds is 5. The van der Waals surface area contributed by atoms with Crippen LogP contribution in [0, 0.1) is 0 Å². The van der Waals surface area contributed by atoms with Crippen LogP contribution >= 0.6 is 11.3 Å². The summed E-state index contributed by atoms with van der Waals surface area (Å²) in [6.45, 7) is 0.0574. The highest BCUT2D eigenvalue weighted by molar-refractivity contribution is 7.91. The van der Waals surface area contributed by atoms with Gasteiger partial charge in [-0.15, -0.1) is 11.3 Å². The third-order valence-electron chi connectivity index (χ3n) is 2.20. The molecule has 19 heavy (non-hydrogen) atoms. The molecule has 7 nitrogen and oxygen atoms in total. The minimum atomic E-state index is -3.89. The van der Waals surface area contributed by atoms with Crippen LogP contribution in [0.5, 0.6) is 0 Å². The van der Waals surface area contributed by atoms with Crippen molar-refractivity contribution in [2.75, 3.05) is 0 Å². The number of aromatic nitrogens is 2. The number of carboxylic acid groups (broad SMARTS) is 1. The number of hydrogen-bond acceptors (Lipinski definition) is 6. The predicted molar refractivity (Wildman–Crippen MR) is 67.3 cm³/mol. The summed E-state index contributed by atoms with van der Waals surface area (Å²) >= 11 is 0.765. The lowest BCUT2D eigenvalue weighted by molar-refractivity contribution is 0.0687. The van der Waals surface area contributed by atoms with E-state index in [2.05, 4.69) is 14.7 Å². The van der Waals surface area contributed by atoms with Crippen molar-refractivity contribution in [3.8, 4) is 0 Å². The normalized spacial score (nSPS) is 11.4. The maximum Gasteiger partial charge on any atom is 0.356 e. The second-order valence-electron chi connectivity index (χ2n) is 3.47. The molecule has 0 aromatic carbocycles. The van der Waals surface area contributed by atoms with Gasteiger partial charge in [-0.05, 0) is 17.7 Å². The maximum atomic E-state index is 12.0. The molecule has 0 spiro atoms. The van der Waals surface area contributed by atoms with E-state index >= 15 is 0 Å². The van der Waals surface area contributed by atoms with Crippen LogP contribution in [0.4, 0.5) is 0 Å². The smallest absolute Gasteiger partial charge is 0.356 e. The third-order valence-corrected chi connectivity index (χ3v) is 4.97. The molecule has 0 saturated carbocycles. The highest BCUT2D eigenvalue weighted by Gasteiger charge is 2.25. The van der Waals surface area contributed by atoms with Crippen LogP contribution in [0.25, 0.3) is 0 Å². The largest absolute Gasteiger partial charge is 0.476 e. The summed E-state index contributed by atoms with van der Waals surface area (Å²) in [5.74, 6) is -1.37. The first-order chi connectivity index (χ1) is 9.00.